The molecule has 80 valence electrons. The van der Waals surface area contributed by atoms with E-state index in [1.165, 1.54) is 6.08 Å². The van der Waals surface area contributed by atoms with Gasteiger partial charge in [0.1, 0.15) is 12.4 Å². The Labute approximate surface area is 92.9 Å². The van der Waals surface area contributed by atoms with E-state index in [2.05, 4.69) is 0 Å². The molecule has 1 aromatic carbocycles. The summed E-state index contributed by atoms with van der Waals surface area (Å²) < 4.78 is 5.28. The number of aryl methyl sites for hydroxylation is 1. The predicted molar refractivity (Wildman–Crippen MR) is 58.5 cm³/mol. The number of carbonyl (C=O) groups is 1. The zero-order valence-corrected chi connectivity index (χ0v) is 8.99. The minimum Gasteiger partial charge on any atom is -0.490 e. The van der Waals surface area contributed by atoms with Gasteiger partial charge in [-0.15, -0.1) is 0 Å². The third-order valence-electron chi connectivity index (χ3n) is 1.74. The summed E-state index contributed by atoms with van der Waals surface area (Å²) in [5, 5.41) is 9.02. The smallest absolute Gasteiger partial charge is 0.328 e. The summed E-state index contributed by atoms with van der Waals surface area (Å²) in [6, 6.07) is 5.29. The standard InChI is InChI=1S/C11H11ClO3/c1-8-7-9(4-5-10(8)12)15-6-2-3-11(13)14/h2-5,7H,6H2,1H3,(H,13,14). The van der Waals surface area contributed by atoms with Crippen molar-refractivity contribution in [2.24, 2.45) is 0 Å². The Morgan fingerprint density at radius 3 is 2.93 bits per heavy atom. The Hall–Kier alpha value is -1.48. The summed E-state index contributed by atoms with van der Waals surface area (Å²) >= 11 is 5.84. The molecule has 15 heavy (non-hydrogen) atoms. The van der Waals surface area contributed by atoms with Gasteiger partial charge >= 0.3 is 5.97 Å². The summed E-state index contributed by atoms with van der Waals surface area (Å²) in [7, 11) is 0. The maximum Gasteiger partial charge on any atom is 0.328 e. The van der Waals surface area contributed by atoms with Crippen molar-refractivity contribution in [1.82, 2.24) is 0 Å². The fourth-order valence-corrected chi connectivity index (χ4v) is 1.12. The highest BCUT2D eigenvalue weighted by Gasteiger charge is 1.97. The molecule has 0 amide bonds. The SMILES string of the molecule is Cc1cc(OCC=CC(=O)O)ccc1Cl. The average Bonchev–Trinajstić information content (AvgIpc) is 2.18. The number of carboxylic acid groups (broad SMARTS) is 1. The quantitative estimate of drug-likeness (QED) is 0.803. The summed E-state index contributed by atoms with van der Waals surface area (Å²) in [6.07, 6.45) is 2.48. The fraction of sp³-hybridized carbons (Fsp3) is 0.182. The van der Waals surface area contributed by atoms with Crippen LogP contribution < -0.4 is 4.74 Å². The molecule has 0 heterocycles. The number of ether oxygens (including phenoxy) is 1. The lowest BCUT2D eigenvalue weighted by molar-refractivity contribution is -0.131. The average molecular weight is 227 g/mol. The van der Waals surface area contributed by atoms with Gasteiger partial charge in [-0.1, -0.05) is 11.6 Å². The summed E-state index contributed by atoms with van der Waals surface area (Å²) in [5.74, 6) is -0.308. The van der Waals surface area contributed by atoms with E-state index in [4.69, 9.17) is 21.4 Å². The Kier molecular flexibility index (Phi) is 4.18. The number of benzene rings is 1. The van der Waals surface area contributed by atoms with Crippen LogP contribution in [0.25, 0.3) is 0 Å². The molecule has 3 nitrogen and oxygen atoms in total. The van der Waals surface area contributed by atoms with Gasteiger partial charge < -0.3 is 9.84 Å². The molecule has 0 aromatic heterocycles. The van der Waals surface area contributed by atoms with E-state index in [0.717, 1.165) is 11.6 Å². The molecular formula is C11H11ClO3. The van der Waals surface area contributed by atoms with Crippen LogP contribution in [0, 0.1) is 6.92 Å². The largest absolute Gasteiger partial charge is 0.490 e. The molecule has 0 saturated heterocycles. The first-order valence-corrected chi connectivity index (χ1v) is 4.76. The van der Waals surface area contributed by atoms with Crippen LogP contribution in [-0.2, 0) is 4.79 Å². The van der Waals surface area contributed by atoms with Gasteiger partial charge in [0.2, 0.25) is 0 Å². The molecule has 0 fully saturated rings. The maximum absolute atomic E-state index is 10.1. The number of aliphatic carboxylic acids is 1. The number of halogens is 1. The molecular weight excluding hydrogens is 216 g/mol. The molecule has 4 heteroatoms. The summed E-state index contributed by atoms with van der Waals surface area (Å²) in [5.41, 5.74) is 0.927. The van der Waals surface area contributed by atoms with Gasteiger partial charge in [0.25, 0.3) is 0 Å². The lowest BCUT2D eigenvalue weighted by Crippen LogP contribution is -1.95. The first-order chi connectivity index (χ1) is 7.09. The molecule has 1 rings (SSSR count). The predicted octanol–water partition coefficient (Wildman–Crippen LogP) is 2.67. The Morgan fingerprint density at radius 2 is 2.33 bits per heavy atom. The van der Waals surface area contributed by atoms with Crippen LogP contribution in [0.5, 0.6) is 5.75 Å². The second-order valence-electron chi connectivity index (χ2n) is 2.96. The molecule has 0 radical (unpaired) electrons. The third kappa shape index (κ3) is 4.04. The van der Waals surface area contributed by atoms with E-state index in [0.29, 0.717) is 10.8 Å². The van der Waals surface area contributed by atoms with E-state index in [1.54, 1.807) is 18.2 Å². The van der Waals surface area contributed by atoms with Crippen molar-refractivity contribution in [3.05, 3.63) is 40.9 Å². The van der Waals surface area contributed by atoms with Crippen LogP contribution in [0.1, 0.15) is 5.56 Å². The highest BCUT2D eigenvalue weighted by Crippen LogP contribution is 2.20. The third-order valence-corrected chi connectivity index (χ3v) is 2.16. The molecule has 0 aliphatic heterocycles. The second kappa shape index (κ2) is 5.41. The second-order valence-corrected chi connectivity index (χ2v) is 3.37. The zero-order chi connectivity index (χ0) is 11.3. The van der Waals surface area contributed by atoms with Crippen LogP contribution in [-0.4, -0.2) is 17.7 Å². The van der Waals surface area contributed by atoms with Crippen LogP contribution in [0.2, 0.25) is 5.02 Å². The molecule has 0 aliphatic carbocycles. The van der Waals surface area contributed by atoms with Crippen molar-refractivity contribution in [2.75, 3.05) is 6.61 Å². The Balaban J connectivity index is 2.51. The lowest BCUT2D eigenvalue weighted by Gasteiger charge is -2.04. The molecule has 0 aliphatic rings. The maximum atomic E-state index is 10.1. The molecule has 0 spiro atoms. The topological polar surface area (TPSA) is 46.5 Å². The minimum atomic E-state index is -0.981. The van der Waals surface area contributed by atoms with Crippen molar-refractivity contribution in [3.63, 3.8) is 0 Å². The molecule has 0 unspecified atom stereocenters. The van der Waals surface area contributed by atoms with Gasteiger partial charge in [-0.3, -0.25) is 0 Å². The van der Waals surface area contributed by atoms with E-state index in [1.807, 2.05) is 6.92 Å². The van der Waals surface area contributed by atoms with Gasteiger partial charge in [0, 0.05) is 11.1 Å². The number of hydrogen-bond donors (Lipinski definition) is 1. The normalized spacial score (nSPS) is 10.5. The van der Waals surface area contributed by atoms with Crippen LogP contribution >= 0.6 is 11.6 Å². The lowest BCUT2D eigenvalue weighted by atomic mass is 10.2. The number of carboxylic acids is 1. The number of rotatable bonds is 4. The zero-order valence-electron chi connectivity index (χ0n) is 8.24. The Morgan fingerprint density at radius 1 is 1.60 bits per heavy atom. The van der Waals surface area contributed by atoms with Crippen molar-refractivity contribution in [3.8, 4) is 5.75 Å². The van der Waals surface area contributed by atoms with Crippen molar-refractivity contribution >= 4 is 17.6 Å². The highest BCUT2D eigenvalue weighted by atomic mass is 35.5. The van der Waals surface area contributed by atoms with E-state index in [9.17, 15) is 4.79 Å². The van der Waals surface area contributed by atoms with Gasteiger partial charge in [-0.2, -0.15) is 0 Å². The van der Waals surface area contributed by atoms with Gasteiger partial charge in [0.15, 0.2) is 0 Å². The summed E-state index contributed by atoms with van der Waals surface area (Å²) in [6.45, 7) is 2.11. The molecule has 0 atom stereocenters. The molecule has 0 bridgehead atoms. The fourth-order valence-electron chi connectivity index (χ4n) is 1.00. The van der Waals surface area contributed by atoms with Crippen molar-refractivity contribution in [2.45, 2.75) is 6.92 Å². The monoisotopic (exact) mass is 226 g/mol. The minimum absolute atomic E-state index is 0.230. The van der Waals surface area contributed by atoms with Crippen LogP contribution in [0.4, 0.5) is 0 Å². The van der Waals surface area contributed by atoms with Gasteiger partial charge in [-0.05, 0) is 36.8 Å². The highest BCUT2D eigenvalue weighted by molar-refractivity contribution is 6.31. The van der Waals surface area contributed by atoms with Gasteiger partial charge in [-0.25, -0.2) is 4.79 Å². The first kappa shape index (κ1) is 11.6. The van der Waals surface area contributed by atoms with E-state index in [-0.39, 0.29) is 6.61 Å². The van der Waals surface area contributed by atoms with Gasteiger partial charge in [0.05, 0.1) is 0 Å². The van der Waals surface area contributed by atoms with Crippen molar-refractivity contribution in [1.29, 1.82) is 0 Å². The number of hydrogen-bond acceptors (Lipinski definition) is 2. The van der Waals surface area contributed by atoms with Crippen molar-refractivity contribution < 1.29 is 14.6 Å². The van der Waals surface area contributed by atoms with Crippen LogP contribution in [0.15, 0.2) is 30.4 Å². The molecule has 1 N–H and O–H groups in total. The molecule has 1 aromatic rings. The van der Waals surface area contributed by atoms with E-state index >= 15 is 0 Å². The van der Waals surface area contributed by atoms with Crippen LogP contribution in [0.3, 0.4) is 0 Å². The first-order valence-electron chi connectivity index (χ1n) is 4.38. The molecule has 0 saturated carbocycles. The van der Waals surface area contributed by atoms with E-state index < -0.39 is 5.97 Å². The summed E-state index contributed by atoms with van der Waals surface area (Å²) in [4.78, 5) is 10.1. The Bertz CT molecular complexity index is 385.